The van der Waals surface area contributed by atoms with Gasteiger partial charge in [0, 0.05) is 6.42 Å². The van der Waals surface area contributed by atoms with E-state index in [4.69, 9.17) is 5.11 Å². The summed E-state index contributed by atoms with van der Waals surface area (Å²) in [4.78, 5) is 21.9. The van der Waals surface area contributed by atoms with Crippen molar-refractivity contribution < 1.29 is 14.7 Å². The first kappa shape index (κ1) is 13.4. The predicted octanol–water partition coefficient (Wildman–Crippen LogP) is 3.25. The Morgan fingerprint density at radius 3 is 2.24 bits per heavy atom. The van der Waals surface area contributed by atoms with E-state index in [2.05, 4.69) is 6.92 Å². The molecule has 1 atom stereocenters. The monoisotopic (exact) mass is 234 g/mol. The van der Waals surface area contributed by atoms with E-state index in [0.717, 1.165) is 18.4 Å². The molecule has 3 nitrogen and oxygen atoms in total. The van der Waals surface area contributed by atoms with Crippen molar-refractivity contribution in [1.29, 1.82) is 0 Å². The summed E-state index contributed by atoms with van der Waals surface area (Å²) in [5, 5.41) is 8.81. The van der Waals surface area contributed by atoms with Crippen molar-refractivity contribution in [2.24, 2.45) is 0 Å². The van der Waals surface area contributed by atoms with Crippen LogP contribution in [0.5, 0.6) is 0 Å². The predicted molar refractivity (Wildman–Crippen MR) is 66.3 cm³/mol. The zero-order valence-corrected chi connectivity index (χ0v) is 10.3. The van der Waals surface area contributed by atoms with Crippen LogP contribution in [-0.2, 0) is 4.79 Å². The fourth-order valence-corrected chi connectivity index (χ4v) is 1.98. The van der Waals surface area contributed by atoms with Crippen LogP contribution in [0, 0.1) is 0 Å². The summed E-state index contributed by atoms with van der Waals surface area (Å²) < 4.78 is 0. The van der Waals surface area contributed by atoms with Crippen LogP contribution in [0.3, 0.4) is 0 Å². The van der Waals surface area contributed by atoms with Crippen molar-refractivity contribution in [3.63, 3.8) is 0 Å². The Labute approximate surface area is 101 Å². The molecule has 0 aliphatic heterocycles. The van der Waals surface area contributed by atoms with Crippen LogP contribution in [0.2, 0.25) is 0 Å². The largest absolute Gasteiger partial charge is 0.478 e. The van der Waals surface area contributed by atoms with E-state index in [1.54, 1.807) is 19.1 Å². The zero-order chi connectivity index (χ0) is 12.8. The number of carboxylic acids is 1. The van der Waals surface area contributed by atoms with Gasteiger partial charge in [-0.3, -0.25) is 0 Å². The third kappa shape index (κ3) is 4.02. The molecule has 3 heteroatoms. The van der Waals surface area contributed by atoms with E-state index in [1.165, 1.54) is 0 Å². The van der Waals surface area contributed by atoms with Gasteiger partial charge in [-0.15, -0.1) is 0 Å². The Kier molecular flexibility index (Phi) is 4.88. The lowest BCUT2D eigenvalue weighted by atomic mass is 9.89. The number of hydrogen-bond donors (Lipinski definition) is 1. The van der Waals surface area contributed by atoms with Crippen LogP contribution in [0.25, 0.3) is 0 Å². The number of ketones is 1. The highest BCUT2D eigenvalue weighted by Gasteiger charge is 2.13. The number of hydrogen-bond acceptors (Lipinski definition) is 2. The number of Topliss-reactive ketones (excluding diaryl/α,β-unsaturated/α-hetero) is 1. The summed E-state index contributed by atoms with van der Waals surface area (Å²) in [5.74, 6) is -0.540. The number of carboxylic acid groups (broad SMARTS) is 1. The lowest BCUT2D eigenvalue weighted by molar-refractivity contribution is -0.117. The Morgan fingerprint density at radius 2 is 1.82 bits per heavy atom. The maximum absolute atomic E-state index is 11.2. The van der Waals surface area contributed by atoms with E-state index < -0.39 is 5.97 Å². The highest BCUT2D eigenvalue weighted by molar-refractivity contribution is 5.87. The molecule has 1 unspecified atom stereocenters. The normalized spacial score (nSPS) is 12.1. The van der Waals surface area contributed by atoms with Gasteiger partial charge in [0.25, 0.3) is 0 Å². The van der Waals surface area contributed by atoms with Gasteiger partial charge in [-0.25, -0.2) is 4.79 Å². The van der Waals surface area contributed by atoms with Gasteiger partial charge < -0.3 is 9.90 Å². The van der Waals surface area contributed by atoms with E-state index in [1.807, 2.05) is 12.1 Å². The Bertz CT molecular complexity index is 392. The fraction of sp³-hybridized carbons (Fsp3) is 0.429. The van der Waals surface area contributed by atoms with E-state index in [-0.39, 0.29) is 17.3 Å². The smallest absolute Gasteiger partial charge is 0.335 e. The summed E-state index contributed by atoms with van der Waals surface area (Å²) >= 11 is 0. The molecule has 0 aliphatic rings. The first-order valence-electron chi connectivity index (χ1n) is 5.87. The topological polar surface area (TPSA) is 54.4 Å². The van der Waals surface area contributed by atoms with Gasteiger partial charge in [0.1, 0.15) is 5.78 Å². The van der Waals surface area contributed by atoms with Gasteiger partial charge in [0.05, 0.1) is 5.56 Å². The molecule has 0 aliphatic carbocycles. The maximum atomic E-state index is 11.2. The van der Waals surface area contributed by atoms with Crippen molar-refractivity contribution in [2.45, 2.75) is 39.0 Å². The molecular formula is C14H18O3. The molecule has 0 saturated heterocycles. The third-order valence-corrected chi connectivity index (χ3v) is 2.80. The van der Waals surface area contributed by atoms with E-state index >= 15 is 0 Å². The number of rotatable bonds is 6. The second kappa shape index (κ2) is 6.18. The molecule has 0 amide bonds. The van der Waals surface area contributed by atoms with Gasteiger partial charge in [-0.2, -0.15) is 0 Å². The van der Waals surface area contributed by atoms with Crippen LogP contribution in [0.1, 0.15) is 54.9 Å². The van der Waals surface area contributed by atoms with Crippen LogP contribution < -0.4 is 0 Å². The second-order valence-electron chi connectivity index (χ2n) is 4.32. The molecule has 1 N–H and O–H groups in total. The molecule has 0 fully saturated rings. The number of carbonyl (C=O) groups is 2. The number of benzene rings is 1. The maximum Gasteiger partial charge on any atom is 0.335 e. The third-order valence-electron chi connectivity index (χ3n) is 2.80. The minimum Gasteiger partial charge on any atom is -0.478 e. The SMILES string of the molecule is CCCC(CC(C)=O)c1ccc(C(=O)O)cc1. The first-order valence-corrected chi connectivity index (χ1v) is 5.87. The minimum atomic E-state index is -0.921. The molecule has 0 radical (unpaired) electrons. The molecule has 17 heavy (non-hydrogen) atoms. The van der Waals surface area contributed by atoms with Gasteiger partial charge in [-0.1, -0.05) is 25.5 Å². The Balaban J connectivity index is 2.86. The second-order valence-corrected chi connectivity index (χ2v) is 4.32. The minimum absolute atomic E-state index is 0.172. The highest BCUT2D eigenvalue weighted by atomic mass is 16.4. The molecule has 1 aromatic carbocycles. The van der Waals surface area contributed by atoms with Gasteiger partial charge in [0.2, 0.25) is 0 Å². The standard InChI is InChI=1S/C14H18O3/c1-3-4-13(9-10(2)15)11-5-7-12(8-6-11)14(16)17/h5-8,13H,3-4,9H2,1-2H3,(H,16,17). The summed E-state index contributed by atoms with van der Waals surface area (Å²) in [7, 11) is 0. The van der Waals surface area contributed by atoms with Gasteiger partial charge in [0.15, 0.2) is 0 Å². The Morgan fingerprint density at radius 1 is 1.24 bits per heavy atom. The van der Waals surface area contributed by atoms with Gasteiger partial charge in [-0.05, 0) is 37.0 Å². The molecule has 0 bridgehead atoms. The average molecular weight is 234 g/mol. The van der Waals surface area contributed by atoms with Crippen molar-refractivity contribution >= 4 is 11.8 Å². The molecule has 1 aromatic rings. The van der Waals surface area contributed by atoms with Crippen molar-refractivity contribution in [2.75, 3.05) is 0 Å². The summed E-state index contributed by atoms with van der Waals surface area (Å²) in [5.41, 5.74) is 1.33. The zero-order valence-electron chi connectivity index (χ0n) is 10.3. The quantitative estimate of drug-likeness (QED) is 0.822. The number of aromatic carboxylic acids is 1. The summed E-state index contributed by atoms with van der Waals surface area (Å²) in [6.45, 7) is 3.67. The fourth-order valence-electron chi connectivity index (χ4n) is 1.98. The molecule has 0 spiro atoms. The molecule has 0 heterocycles. The summed E-state index contributed by atoms with van der Waals surface area (Å²) in [6.07, 6.45) is 2.49. The van der Waals surface area contributed by atoms with Crippen LogP contribution in [0.15, 0.2) is 24.3 Å². The molecular weight excluding hydrogens is 216 g/mol. The van der Waals surface area contributed by atoms with Crippen LogP contribution in [-0.4, -0.2) is 16.9 Å². The van der Waals surface area contributed by atoms with Crippen LogP contribution >= 0.6 is 0 Å². The molecule has 0 aromatic heterocycles. The molecule has 1 rings (SSSR count). The van der Waals surface area contributed by atoms with E-state index in [9.17, 15) is 9.59 Å². The Hall–Kier alpha value is -1.64. The molecule has 92 valence electrons. The van der Waals surface area contributed by atoms with Crippen molar-refractivity contribution in [3.05, 3.63) is 35.4 Å². The highest BCUT2D eigenvalue weighted by Crippen LogP contribution is 2.25. The van der Waals surface area contributed by atoms with Crippen LogP contribution in [0.4, 0.5) is 0 Å². The first-order chi connectivity index (χ1) is 8.04. The van der Waals surface area contributed by atoms with Gasteiger partial charge >= 0.3 is 5.97 Å². The number of carbonyl (C=O) groups excluding carboxylic acids is 1. The van der Waals surface area contributed by atoms with Crippen molar-refractivity contribution in [3.8, 4) is 0 Å². The molecule has 0 saturated carbocycles. The van der Waals surface area contributed by atoms with Crippen molar-refractivity contribution in [1.82, 2.24) is 0 Å². The summed E-state index contributed by atoms with van der Waals surface area (Å²) in [6, 6.07) is 6.82. The average Bonchev–Trinajstić information content (AvgIpc) is 2.28. The lowest BCUT2D eigenvalue weighted by Gasteiger charge is -2.15. The van der Waals surface area contributed by atoms with E-state index in [0.29, 0.717) is 6.42 Å². The lowest BCUT2D eigenvalue weighted by Crippen LogP contribution is -2.05.